The quantitative estimate of drug-likeness (QED) is 0.337. The number of aromatic nitrogens is 5. The van der Waals surface area contributed by atoms with Crippen molar-refractivity contribution in [2.45, 2.75) is 90.9 Å². The summed E-state index contributed by atoms with van der Waals surface area (Å²) in [6.45, 7) is 7.43. The highest BCUT2D eigenvalue weighted by atomic mass is 16.3. The number of aryl methyl sites for hydroxylation is 2. The van der Waals surface area contributed by atoms with Crippen LogP contribution in [0.2, 0.25) is 0 Å². The number of aromatic amines is 1. The molecule has 1 saturated carbocycles. The summed E-state index contributed by atoms with van der Waals surface area (Å²) in [5, 5.41) is 14.0. The van der Waals surface area contributed by atoms with E-state index in [2.05, 4.69) is 64.4 Å². The first-order chi connectivity index (χ1) is 17.5. The van der Waals surface area contributed by atoms with Gasteiger partial charge >= 0.3 is 0 Å². The SMILES string of the molecule is CCCC(c1nnnn1Cc1ccco1)N(Cc1cc2c(C)cc(C)cc2[nH]c1=O)C1CCCCC1. The van der Waals surface area contributed by atoms with Gasteiger partial charge in [0.15, 0.2) is 5.82 Å². The van der Waals surface area contributed by atoms with Crippen LogP contribution in [-0.2, 0) is 13.1 Å². The van der Waals surface area contributed by atoms with E-state index in [1.807, 2.05) is 16.8 Å². The van der Waals surface area contributed by atoms with E-state index in [0.717, 1.165) is 59.3 Å². The number of pyridine rings is 1. The molecule has 0 bridgehead atoms. The van der Waals surface area contributed by atoms with Gasteiger partial charge in [-0.15, -0.1) is 5.10 Å². The highest BCUT2D eigenvalue weighted by molar-refractivity contribution is 5.83. The lowest BCUT2D eigenvalue weighted by Gasteiger charge is -2.39. The molecule has 0 spiro atoms. The Morgan fingerprint density at radius 1 is 1.19 bits per heavy atom. The first-order valence-corrected chi connectivity index (χ1v) is 13.2. The van der Waals surface area contributed by atoms with Crippen LogP contribution in [0.5, 0.6) is 0 Å². The van der Waals surface area contributed by atoms with Crippen molar-refractivity contribution in [3.63, 3.8) is 0 Å². The largest absolute Gasteiger partial charge is 0.467 e. The zero-order valence-corrected chi connectivity index (χ0v) is 21.5. The molecule has 0 radical (unpaired) electrons. The molecule has 1 aliphatic carbocycles. The zero-order valence-electron chi connectivity index (χ0n) is 21.5. The van der Waals surface area contributed by atoms with Crippen LogP contribution in [0.25, 0.3) is 10.9 Å². The smallest absolute Gasteiger partial charge is 0.252 e. The number of H-pyrrole nitrogens is 1. The first kappa shape index (κ1) is 24.4. The second-order valence-electron chi connectivity index (χ2n) is 10.2. The van der Waals surface area contributed by atoms with Crippen LogP contribution in [0.3, 0.4) is 0 Å². The third-order valence-electron chi connectivity index (χ3n) is 7.49. The minimum absolute atomic E-state index is 0.0114. The minimum Gasteiger partial charge on any atom is -0.467 e. The lowest BCUT2D eigenvalue weighted by Crippen LogP contribution is -2.41. The molecule has 8 heteroatoms. The minimum atomic E-state index is -0.0151. The van der Waals surface area contributed by atoms with E-state index in [4.69, 9.17) is 4.42 Å². The van der Waals surface area contributed by atoms with E-state index in [1.54, 1.807) is 6.26 Å². The van der Waals surface area contributed by atoms with Gasteiger partial charge in [0.05, 0.1) is 12.3 Å². The van der Waals surface area contributed by atoms with E-state index in [1.165, 1.54) is 24.8 Å². The molecule has 1 aromatic carbocycles. The summed E-state index contributed by atoms with van der Waals surface area (Å²) in [5.41, 5.74) is 4.01. The number of nitrogens with one attached hydrogen (secondary N) is 1. The van der Waals surface area contributed by atoms with Crippen molar-refractivity contribution in [3.8, 4) is 0 Å². The summed E-state index contributed by atoms with van der Waals surface area (Å²) >= 11 is 0. The Hall–Kier alpha value is -3.26. The zero-order chi connectivity index (χ0) is 25.1. The molecule has 1 aliphatic rings. The molecule has 36 heavy (non-hydrogen) atoms. The van der Waals surface area contributed by atoms with E-state index >= 15 is 0 Å². The first-order valence-electron chi connectivity index (χ1n) is 13.2. The van der Waals surface area contributed by atoms with Gasteiger partial charge in [-0.05, 0) is 78.9 Å². The van der Waals surface area contributed by atoms with Gasteiger partial charge in [0.25, 0.3) is 5.56 Å². The van der Waals surface area contributed by atoms with Gasteiger partial charge in [0.2, 0.25) is 0 Å². The Morgan fingerprint density at radius 2 is 2.03 bits per heavy atom. The van der Waals surface area contributed by atoms with Crippen LogP contribution in [0.4, 0.5) is 0 Å². The topological polar surface area (TPSA) is 92.8 Å². The maximum Gasteiger partial charge on any atom is 0.252 e. The van der Waals surface area contributed by atoms with E-state index in [9.17, 15) is 4.79 Å². The van der Waals surface area contributed by atoms with E-state index in [-0.39, 0.29) is 11.6 Å². The average molecular weight is 489 g/mol. The van der Waals surface area contributed by atoms with Gasteiger partial charge in [-0.2, -0.15) is 0 Å². The number of tetrazole rings is 1. The van der Waals surface area contributed by atoms with Crippen LogP contribution in [0.15, 0.2) is 45.8 Å². The molecule has 0 saturated heterocycles. The molecular weight excluding hydrogens is 452 g/mol. The number of rotatable bonds is 9. The normalized spacial score (nSPS) is 15.7. The molecule has 1 fully saturated rings. The van der Waals surface area contributed by atoms with Gasteiger partial charge in [0, 0.05) is 29.1 Å². The third-order valence-corrected chi connectivity index (χ3v) is 7.49. The molecule has 1 unspecified atom stereocenters. The Labute approximate surface area is 211 Å². The molecule has 8 nitrogen and oxygen atoms in total. The fourth-order valence-electron chi connectivity index (χ4n) is 5.77. The second-order valence-corrected chi connectivity index (χ2v) is 10.2. The second kappa shape index (κ2) is 10.8. The van der Waals surface area contributed by atoms with Crippen molar-refractivity contribution in [2.75, 3.05) is 0 Å². The number of hydrogen-bond acceptors (Lipinski definition) is 6. The lowest BCUT2D eigenvalue weighted by molar-refractivity contribution is 0.0811. The standard InChI is InChI=1S/C28H36N6O2/c1-4-9-26(27-30-31-32-34(27)18-23-12-8-13-36-23)33(22-10-6-5-7-11-22)17-21-16-24-20(3)14-19(2)15-25(24)29-28(21)35/h8,12-16,22,26H,4-7,9-11,17-18H2,1-3H3,(H,29,35). The van der Waals surface area contributed by atoms with E-state index < -0.39 is 0 Å². The van der Waals surface area contributed by atoms with Crippen LogP contribution < -0.4 is 5.56 Å². The molecule has 5 rings (SSSR count). The van der Waals surface area contributed by atoms with Crippen molar-refractivity contribution < 1.29 is 4.42 Å². The lowest BCUT2D eigenvalue weighted by atomic mass is 9.91. The number of furan rings is 1. The van der Waals surface area contributed by atoms with Crippen LogP contribution in [-0.4, -0.2) is 36.1 Å². The third kappa shape index (κ3) is 5.14. The number of nitrogens with zero attached hydrogens (tertiary/aromatic N) is 5. The van der Waals surface area contributed by atoms with E-state index in [0.29, 0.717) is 19.1 Å². The summed E-state index contributed by atoms with van der Waals surface area (Å²) < 4.78 is 7.43. The summed E-state index contributed by atoms with van der Waals surface area (Å²) in [7, 11) is 0. The van der Waals surface area contributed by atoms with Gasteiger partial charge in [-0.1, -0.05) is 38.7 Å². The Balaban J connectivity index is 1.54. The van der Waals surface area contributed by atoms with Crippen molar-refractivity contribution >= 4 is 10.9 Å². The fourth-order valence-corrected chi connectivity index (χ4v) is 5.77. The molecule has 0 amide bonds. The van der Waals surface area contributed by atoms with Crippen LogP contribution in [0.1, 0.15) is 86.2 Å². The summed E-state index contributed by atoms with van der Waals surface area (Å²) in [6, 6.07) is 10.5. The van der Waals surface area contributed by atoms with Gasteiger partial charge in [0.1, 0.15) is 12.3 Å². The van der Waals surface area contributed by atoms with Crippen LogP contribution in [0, 0.1) is 13.8 Å². The molecule has 1 N–H and O–H groups in total. The van der Waals surface area contributed by atoms with Gasteiger partial charge < -0.3 is 9.40 Å². The number of hydrogen-bond donors (Lipinski definition) is 1. The predicted molar refractivity (Wildman–Crippen MR) is 140 cm³/mol. The highest BCUT2D eigenvalue weighted by Gasteiger charge is 2.32. The predicted octanol–water partition coefficient (Wildman–Crippen LogP) is 5.45. The van der Waals surface area contributed by atoms with Crippen molar-refractivity contribution in [2.24, 2.45) is 0 Å². The summed E-state index contributed by atoms with van der Waals surface area (Å²) in [6.07, 6.45) is 9.54. The molecule has 4 aromatic rings. The summed E-state index contributed by atoms with van der Waals surface area (Å²) in [4.78, 5) is 18.9. The molecule has 190 valence electrons. The molecule has 0 aliphatic heterocycles. The van der Waals surface area contributed by atoms with Gasteiger partial charge in [-0.3, -0.25) is 9.69 Å². The molecule has 3 aromatic heterocycles. The Kier molecular flexibility index (Phi) is 7.32. The van der Waals surface area contributed by atoms with Crippen molar-refractivity contribution in [3.05, 3.63) is 75.2 Å². The maximum absolute atomic E-state index is 13.3. The van der Waals surface area contributed by atoms with Gasteiger partial charge in [-0.25, -0.2) is 4.68 Å². The summed E-state index contributed by atoms with van der Waals surface area (Å²) in [5.74, 6) is 1.66. The molecule has 3 heterocycles. The monoisotopic (exact) mass is 488 g/mol. The maximum atomic E-state index is 13.3. The fraction of sp³-hybridized carbons (Fsp3) is 0.500. The number of fused-ring (bicyclic) bond motifs is 1. The van der Waals surface area contributed by atoms with Crippen molar-refractivity contribution in [1.82, 2.24) is 30.1 Å². The molecule has 1 atom stereocenters. The van der Waals surface area contributed by atoms with Crippen LogP contribution >= 0.6 is 0 Å². The average Bonchev–Trinajstić information content (AvgIpc) is 3.55. The Morgan fingerprint density at radius 3 is 2.78 bits per heavy atom. The Bertz CT molecular complexity index is 1350. The molecular formula is C28H36N6O2. The number of benzene rings is 1. The highest BCUT2D eigenvalue weighted by Crippen LogP contribution is 2.34. The van der Waals surface area contributed by atoms with Crippen molar-refractivity contribution in [1.29, 1.82) is 0 Å².